The van der Waals surface area contributed by atoms with Crippen LogP contribution < -0.4 is 4.90 Å². The monoisotopic (exact) mass is 388 g/mol. The summed E-state index contributed by atoms with van der Waals surface area (Å²) in [5, 5.41) is 11.5. The van der Waals surface area contributed by atoms with Crippen molar-refractivity contribution in [2.24, 2.45) is 5.92 Å². The SMILES string of the molecule is N#CSc1ccc(N2CC(CBr)CC2=O)c(Br)c1. The third kappa shape index (κ3) is 2.90. The summed E-state index contributed by atoms with van der Waals surface area (Å²) < 4.78 is 0.853. The van der Waals surface area contributed by atoms with Crippen molar-refractivity contribution in [3.63, 3.8) is 0 Å². The highest BCUT2D eigenvalue weighted by Crippen LogP contribution is 2.34. The molecule has 0 aromatic heterocycles. The van der Waals surface area contributed by atoms with Crippen LogP contribution in [0.1, 0.15) is 6.42 Å². The maximum absolute atomic E-state index is 11.9. The zero-order chi connectivity index (χ0) is 13.1. The van der Waals surface area contributed by atoms with E-state index < -0.39 is 0 Å². The minimum Gasteiger partial charge on any atom is -0.311 e. The van der Waals surface area contributed by atoms with E-state index in [9.17, 15) is 4.79 Å². The van der Waals surface area contributed by atoms with Gasteiger partial charge in [-0.3, -0.25) is 4.79 Å². The van der Waals surface area contributed by atoms with Crippen molar-refractivity contribution in [3.05, 3.63) is 22.7 Å². The van der Waals surface area contributed by atoms with Gasteiger partial charge < -0.3 is 4.90 Å². The average Bonchev–Trinajstić information content (AvgIpc) is 2.71. The molecule has 3 nitrogen and oxygen atoms in total. The molecule has 1 aliphatic heterocycles. The van der Waals surface area contributed by atoms with Gasteiger partial charge in [-0.05, 0) is 51.8 Å². The highest BCUT2D eigenvalue weighted by Gasteiger charge is 2.30. The van der Waals surface area contributed by atoms with Crippen molar-refractivity contribution in [3.8, 4) is 5.40 Å². The lowest BCUT2D eigenvalue weighted by Gasteiger charge is -2.18. The quantitative estimate of drug-likeness (QED) is 0.449. The Morgan fingerprint density at radius 2 is 2.33 bits per heavy atom. The summed E-state index contributed by atoms with van der Waals surface area (Å²) in [6.45, 7) is 0.743. The van der Waals surface area contributed by atoms with Crippen LogP contribution in [-0.2, 0) is 4.79 Å². The summed E-state index contributed by atoms with van der Waals surface area (Å²) in [6.07, 6.45) is 0.590. The number of amides is 1. The predicted octanol–water partition coefficient (Wildman–Crippen LogP) is 3.77. The van der Waals surface area contributed by atoms with Gasteiger partial charge in [0.25, 0.3) is 0 Å². The molecular weight excluding hydrogens is 380 g/mol. The number of thiocyanates is 1. The number of nitrogens with zero attached hydrogens (tertiary/aromatic N) is 2. The van der Waals surface area contributed by atoms with E-state index in [0.717, 1.165) is 38.7 Å². The van der Waals surface area contributed by atoms with Crippen LogP contribution in [-0.4, -0.2) is 17.8 Å². The molecule has 1 fully saturated rings. The summed E-state index contributed by atoms with van der Waals surface area (Å²) >= 11 is 8.00. The number of halogens is 2. The fourth-order valence-electron chi connectivity index (χ4n) is 1.94. The Labute approximate surface area is 127 Å². The number of hydrogen-bond donors (Lipinski definition) is 0. The molecule has 0 bridgehead atoms. The summed E-state index contributed by atoms with van der Waals surface area (Å²) in [4.78, 5) is 14.6. The third-order valence-electron chi connectivity index (χ3n) is 2.80. The number of hydrogen-bond acceptors (Lipinski definition) is 3. The molecule has 1 atom stereocenters. The minimum absolute atomic E-state index is 0.154. The van der Waals surface area contributed by atoms with Crippen molar-refractivity contribution in [1.29, 1.82) is 5.26 Å². The van der Waals surface area contributed by atoms with Gasteiger partial charge in [-0.1, -0.05) is 15.9 Å². The first kappa shape index (κ1) is 13.9. The molecule has 1 heterocycles. The normalized spacial score (nSPS) is 19.1. The van der Waals surface area contributed by atoms with E-state index in [1.54, 1.807) is 4.90 Å². The van der Waals surface area contributed by atoms with E-state index in [1.165, 1.54) is 0 Å². The van der Waals surface area contributed by atoms with Crippen molar-refractivity contribution in [2.75, 3.05) is 16.8 Å². The number of anilines is 1. The molecule has 1 aromatic carbocycles. The van der Waals surface area contributed by atoms with E-state index in [2.05, 4.69) is 31.9 Å². The number of thioether (sulfide) groups is 1. The van der Waals surface area contributed by atoms with Gasteiger partial charge >= 0.3 is 0 Å². The molecule has 0 aliphatic carbocycles. The number of alkyl halides is 1. The predicted molar refractivity (Wildman–Crippen MR) is 79.9 cm³/mol. The van der Waals surface area contributed by atoms with Gasteiger partial charge in [-0.15, -0.1) is 0 Å². The highest BCUT2D eigenvalue weighted by molar-refractivity contribution is 9.10. The molecule has 1 aromatic rings. The van der Waals surface area contributed by atoms with Gasteiger partial charge in [0.1, 0.15) is 5.40 Å². The van der Waals surface area contributed by atoms with Gasteiger partial charge in [0.2, 0.25) is 5.91 Å². The molecule has 1 saturated heterocycles. The molecule has 18 heavy (non-hydrogen) atoms. The minimum atomic E-state index is 0.154. The highest BCUT2D eigenvalue weighted by atomic mass is 79.9. The number of carbonyl (C=O) groups excluding carboxylic acids is 1. The topological polar surface area (TPSA) is 44.1 Å². The third-order valence-corrected chi connectivity index (χ3v) is 4.93. The van der Waals surface area contributed by atoms with E-state index in [4.69, 9.17) is 5.26 Å². The summed E-state index contributed by atoms with van der Waals surface area (Å²) in [5.74, 6) is 0.526. The second-order valence-corrected chi connectivity index (χ2v) is 6.40. The second kappa shape index (κ2) is 6.09. The first-order valence-electron chi connectivity index (χ1n) is 5.37. The van der Waals surface area contributed by atoms with Crippen LogP contribution in [0.4, 0.5) is 5.69 Å². The first-order chi connectivity index (χ1) is 8.65. The Morgan fingerprint density at radius 1 is 1.56 bits per heavy atom. The molecule has 1 amide bonds. The fraction of sp³-hybridized carbons (Fsp3) is 0.333. The molecule has 1 aliphatic rings. The number of nitriles is 1. The van der Waals surface area contributed by atoms with Crippen LogP contribution in [0, 0.1) is 16.6 Å². The van der Waals surface area contributed by atoms with E-state index >= 15 is 0 Å². The molecular formula is C12H10Br2N2OS. The van der Waals surface area contributed by atoms with Gasteiger partial charge in [-0.2, -0.15) is 5.26 Å². The van der Waals surface area contributed by atoms with Crippen LogP contribution >= 0.6 is 43.6 Å². The maximum Gasteiger partial charge on any atom is 0.227 e. The van der Waals surface area contributed by atoms with Gasteiger partial charge in [0.15, 0.2) is 0 Å². The Morgan fingerprint density at radius 3 is 2.89 bits per heavy atom. The Balaban J connectivity index is 2.24. The molecule has 0 saturated carbocycles. The van der Waals surface area contributed by atoms with Crippen molar-refractivity contribution < 1.29 is 4.79 Å². The number of benzene rings is 1. The largest absolute Gasteiger partial charge is 0.311 e. The van der Waals surface area contributed by atoms with E-state index in [1.807, 2.05) is 23.6 Å². The summed E-state index contributed by atoms with van der Waals surface area (Å²) in [5.41, 5.74) is 0.880. The molecule has 1 unspecified atom stereocenters. The average molecular weight is 390 g/mol. The van der Waals surface area contributed by atoms with Crippen LogP contribution in [0.5, 0.6) is 0 Å². The molecule has 0 radical (unpaired) electrons. The molecule has 0 spiro atoms. The Bertz CT molecular complexity index is 515. The second-order valence-electron chi connectivity index (χ2n) is 4.04. The lowest BCUT2D eigenvalue weighted by atomic mass is 10.2. The fourth-order valence-corrected chi connectivity index (χ4v) is 3.54. The van der Waals surface area contributed by atoms with Crippen molar-refractivity contribution in [1.82, 2.24) is 0 Å². The standard InChI is InChI=1S/C12H10Br2N2OS/c13-5-8-3-12(17)16(6-8)11-2-1-9(18-7-15)4-10(11)14/h1-2,4,8H,3,5-6H2. The zero-order valence-electron chi connectivity index (χ0n) is 9.40. The molecule has 0 N–H and O–H groups in total. The summed E-state index contributed by atoms with van der Waals surface area (Å²) in [6, 6.07) is 5.62. The Hall–Kier alpha value is -0.510. The number of rotatable bonds is 3. The van der Waals surface area contributed by atoms with Crippen LogP contribution in [0.25, 0.3) is 0 Å². The lowest BCUT2D eigenvalue weighted by molar-refractivity contribution is -0.117. The van der Waals surface area contributed by atoms with Crippen molar-refractivity contribution >= 4 is 55.2 Å². The number of carbonyl (C=O) groups is 1. The summed E-state index contributed by atoms with van der Waals surface area (Å²) in [7, 11) is 0. The smallest absolute Gasteiger partial charge is 0.227 e. The molecule has 2 rings (SSSR count). The zero-order valence-corrected chi connectivity index (χ0v) is 13.4. The first-order valence-corrected chi connectivity index (χ1v) is 8.10. The molecule has 94 valence electrons. The maximum atomic E-state index is 11.9. The van der Waals surface area contributed by atoms with Crippen LogP contribution in [0.15, 0.2) is 27.6 Å². The molecule has 6 heteroatoms. The van der Waals surface area contributed by atoms with Gasteiger partial charge in [-0.25, -0.2) is 0 Å². The van der Waals surface area contributed by atoms with Crippen molar-refractivity contribution in [2.45, 2.75) is 11.3 Å². The van der Waals surface area contributed by atoms with Gasteiger partial charge in [0, 0.05) is 27.7 Å². The lowest BCUT2D eigenvalue weighted by Crippen LogP contribution is -2.25. The van der Waals surface area contributed by atoms with Crippen LogP contribution in [0.2, 0.25) is 0 Å². The van der Waals surface area contributed by atoms with Crippen LogP contribution in [0.3, 0.4) is 0 Å². The van der Waals surface area contributed by atoms with E-state index in [0.29, 0.717) is 12.3 Å². The van der Waals surface area contributed by atoms with Gasteiger partial charge in [0.05, 0.1) is 5.69 Å². The Kier molecular flexibility index (Phi) is 4.71. The van der Waals surface area contributed by atoms with E-state index in [-0.39, 0.29) is 5.91 Å².